The van der Waals surface area contributed by atoms with Gasteiger partial charge in [0.2, 0.25) is 0 Å². The number of hydrogen-bond acceptors (Lipinski definition) is 4. The van der Waals surface area contributed by atoms with Crippen molar-refractivity contribution in [1.29, 1.82) is 0 Å². The van der Waals surface area contributed by atoms with Crippen molar-refractivity contribution >= 4 is 17.1 Å². The largest absolute Gasteiger partial charge is 0.322 e. The first-order valence-electron chi connectivity index (χ1n) is 10.6. The van der Waals surface area contributed by atoms with Crippen molar-refractivity contribution < 1.29 is 9.18 Å². The molecule has 8 heteroatoms. The highest BCUT2D eigenvalue weighted by Crippen LogP contribution is 2.40. The highest BCUT2D eigenvalue weighted by atomic mass is 19.1. The summed E-state index contributed by atoms with van der Waals surface area (Å²) in [6.45, 7) is 1.76. The van der Waals surface area contributed by atoms with Crippen molar-refractivity contribution in [3.8, 4) is 11.4 Å². The van der Waals surface area contributed by atoms with Crippen LogP contribution in [0.5, 0.6) is 0 Å². The van der Waals surface area contributed by atoms with Gasteiger partial charge in [0.05, 0.1) is 22.8 Å². The van der Waals surface area contributed by atoms with Gasteiger partial charge in [-0.1, -0.05) is 6.07 Å². The molecule has 1 aromatic carbocycles. The lowest BCUT2D eigenvalue weighted by atomic mass is 10.1. The van der Waals surface area contributed by atoms with E-state index in [1.54, 1.807) is 23.7 Å². The summed E-state index contributed by atoms with van der Waals surface area (Å²) in [5.74, 6) is 1.40. The molecular weight excluding hydrogens is 395 g/mol. The van der Waals surface area contributed by atoms with Crippen molar-refractivity contribution in [3.63, 3.8) is 0 Å². The number of H-pyrrole nitrogens is 1. The zero-order valence-electron chi connectivity index (χ0n) is 17.0. The van der Waals surface area contributed by atoms with Crippen LogP contribution in [0, 0.1) is 12.7 Å². The fourth-order valence-corrected chi connectivity index (χ4v) is 3.94. The second-order valence-corrected chi connectivity index (χ2v) is 8.54. The van der Waals surface area contributed by atoms with Crippen LogP contribution in [0.2, 0.25) is 0 Å². The Bertz CT molecular complexity index is 1330. The van der Waals surface area contributed by atoms with E-state index in [0.29, 0.717) is 34.5 Å². The van der Waals surface area contributed by atoms with Crippen LogP contribution in [-0.2, 0) is 0 Å². The van der Waals surface area contributed by atoms with Crippen LogP contribution in [-0.4, -0.2) is 30.7 Å². The van der Waals surface area contributed by atoms with Gasteiger partial charge >= 0.3 is 0 Å². The molecule has 2 saturated carbocycles. The number of anilines is 1. The molecule has 156 valence electrons. The first kappa shape index (κ1) is 18.2. The lowest BCUT2D eigenvalue weighted by Gasteiger charge is -2.10. The highest BCUT2D eigenvalue weighted by Gasteiger charge is 2.28. The summed E-state index contributed by atoms with van der Waals surface area (Å²) >= 11 is 0. The number of amides is 1. The minimum absolute atomic E-state index is 0.262. The Morgan fingerprint density at radius 2 is 2.00 bits per heavy atom. The molecule has 4 aromatic rings. The number of carbonyl (C=O) groups excluding carboxylic acids is 1. The molecule has 1 amide bonds. The number of carbonyl (C=O) groups is 1. The molecule has 31 heavy (non-hydrogen) atoms. The van der Waals surface area contributed by atoms with Crippen molar-refractivity contribution in [1.82, 2.24) is 24.8 Å². The van der Waals surface area contributed by atoms with E-state index in [1.165, 1.54) is 24.5 Å². The molecule has 0 unspecified atom stereocenters. The molecule has 0 atom stereocenters. The number of fused-ring (bicyclic) bond motifs is 1. The molecule has 2 aliphatic rings. The number of nitrogens with zero attached hydrogens (tertiary/aromatic N) is 4. The number of benzene rings is 1. The molecule has 7 nitrogen and oxygen atoms in total. The average Bonchev–Trinajstić information content (AvgIpc) is 3.69. The third-order valence-corrected chi connectivity index (χ3v) is 6.10. The minimum Gasteiger partial charge on any atom is -0.322 e. The molecule has 2 aliphatic carbocycles. The average molecular weight is 416 g/mol. The number of aromatic nitrogens is 5. The van der Waals surface area contributed by atoms with Gasteiger partial charge in [-0.2, -0.15) is 10.2 Å². The number of halogens is 1. The van der Waals surface area contributed by atoms with Crippen LogP contribution in [0.15, 0.2) is 36.7 Å². The van der Waals surface area contributed by atoms with Gasteiger partial charge in [-0.15, -0.1) is 0 Å². The predicted molar refractivity (Wildman–Crippen MR) is 114 cm³/mol. The Kier molecular flexibility index (Phi) is 3.96. The molecule has 0 radical (unpaired) electrons. The van der Waals surface area contributed by atoms with Crippen molar-refractivity contribution in [2.75, 3.05) is 5.32 Å². The maximum Gasteiger partial charge on any atom is 0.259 e. The van der Waals surface area contributed by atoms with E-state index < -0.39 is 5.82 Å². The van der Waals surface area contributed by atoms with Gasteiger partial charge in [-0.05, 0) is 67.9 Å². The number of rotatable bonds is 5. The Balaban J connectivity index is 1.30. The highest BCUT2D eigenvalue weighted by molar-refractivity contribution is 6.09. The fourth-order valence-electron chi connectivity index (χ4n) is 3.94. The topological polar surface area (TPSA) is 88.0 Å². The molecular formula is C23H21FN6O. The van der Waals surface area contributed by atoms with Crippen molar-refractivity contribution in [2.45, 2.75) is 44.4 Å². The van der Waals surface area contributed by atoms with Gasteiger partial charge in [-0.3, -0.25) is 9.89 Å². The van der Waals surface area contributed by atoms with E-state index in [9.17, 15) is 9.18 Å². The summed E-state index contributed by atoms with van der Waals surface area (Å²) in [7, 11) is 0. The van der Waals surface area contributed by atoms with Crippen LogP contribution < -0.4 is 5.32 Å². The van der Waals surface area contributed by atoms with E-state index in [0.717, 1.165) is 24.2 Å². The second-order valence-electron chi connectivity index (χ2n) is 8.54. The molecule has 0 spiro atoms. The standard InChI is InChI=1S/C23H21FN6O/c1-12-8-18(24)16(22-27-21(28-29-22)14-4-5-14)9-19(12)26-23(31)17-10-25-30-11-15(13-2-3-13)6-7-20(17)30/h6-11,13-14H,2-5H2,1H3,(H,26,31)(H,27,28,29). The number of nitrogens with one attached hydrogen (secondary N) is 2. The minimum atomic E-state index is -0.416. The Labute approximate surface area is 177 Å². The van der Waals surface area contributed by atoms with E-state index in [1.807, 2.05) is 12.3 Å². The van der Waals surface area contributed by atoms with E-state index >= 15 is 0 Å². The summed E-state index contributed by atoms with van der Waals surface area (Å²) in [6, 6.07) is 6.99. The maximum absolute atomic E-state index is 14.6. The third-order valence-electron chi connectivity index (χ3n) is 6.10. The van der Waals surface area contributed by atoms with Crippen LogP contribution in [0.4, 0.5) is 10.1 Å². The summed E-state index contributed by atoms with van der Waals surface area (Å²) in [6.07, 6.45) is 8.13. The monoisotopic (exact) mass is 416 g/mol. The molecule has 0 bridgehead atoms. The summed E-state index contributed by atoms with van der Waals surface area (Å²) in [5, 5.41) is 14.3. The Morgan fingerprint density at radius 1 is 1.19 bits per heavy atom. The first-order valence-corrected chi connectivity index (χ1v) is 10.6. The van der Waals surface area contributed by atoms with Crippen molar-refractivity contribution in [3.05, 3.63) is 65.0 Å². The van der Waals surface area contributed by atoms with Gasteiger partial charge in [-0.25, -0.2) is 13.9 Å². The SMILES string of the molecule is Cc1cc(F)c(-c2n[nH]c(C3CC3)n2)cc1NC(=O)c1cnn2cc(C3CC3)ccc12. The molecule has 3 heterocycles. The van der Waals surface area contributed by atoms with E-state index in [2.05, 4.69) is 31.7 Å². The first-order chi connectivity index (χ1) is 15.1. The van der Waals surface area contributed by atoms with E-state index in [4.69, 9.17) is 0 Å². The molecule has 0 aliphatic heterocycles. The quantitative estimate of drug-likeness (QED) is 0.499. The summed E-state index contributed by atoms with van der Waals surface area (Å²) in [4.78, 5) is 17.5. The second kappa shape index (κ2) is 6.73. The van der Waals surface area contributed by atoms with Gasteiger partial charge < -0.3 is 5.32 Å². The van der Waals surface area contributed by atoms with Gasteiger partial charge in [0.15, 0.2) is 5.82 Å². The number of pyridine rings is 1. The zero-order valence-corrected chi connectivity index (χ0v) is 17.0. The van der Waals surface area contributed by atoms with Gasteiger partial charge in [0.25, 0.3) is 5.91 Å². The number of aromatic amines is 1. The molecule has 3 aromatic heterocycles. The number of hydrogen-bond donors (Lipinski definition) is 2. The Morgan fingerprint density at radius 3 is 2.77 bits per heavy atom. The lowest BCUT2D eigenvalue weighted by Crippen LogP contribution is -2.13. The van der Waals surface area contributed by atoms with Gasteiger partial charge in [0, 0.05) is 17.8 Å². The molecule has 6 rings (SSSR count). The van der Waals surface area contributed by atoms with Gasteiger partial charge in [0.1, 0.15) is 11.6 Å². The van der Waals surface area contributed by atoms with Crippen LogP contribution in [0.3, 0.4) is 0 Å². The third kappa shape index (κ3) is 3.28. The Hall–Kier alpha value is -3.55. The molecule has 0 saturated heterocycles. The summed E-state index contributed by atoms with van der Waals surface area (Å²) < 4.78 is 16.4. The number of aryl methyl sites for hydroxylation is 1. The smallest absolute Gasteiger partial charge is 0.259 e. The fraction of sp³-hybridized carbons (Fsp3) is 0.304. The summed E-state index contributed by atoms with van der Waals surface area (Å²) in [5.41, 5.74) is 3.87. The maximum atomic E-state index is 14.6. The van der Waals surface area contributed by atoms with Crippen LogP contribution in [0.1, 0.15) is 64.8 Å². The molecule has 2 N–H and O–H groups in total. The van der Waals surface area contributed by atoms with E-state index in [-0.39, 0.29) is 11.5 Å². The zero-order chi connectivity index (χ0) is 21.1. The van der Waals surface area contributed by atoms with Crippen LogP contribution >= 0.6 is 0 Å². The van der Waals surface area contributed by atoms with Crippen molar-refractivity contribution in [2.24, 2.45) is 0 Å². The van der Waals surface area contributed by atoms with Crippen LogP contribution in [0.25, 0.3) is 16.9 Å². The lowest BCUT2D eigenvalue weighted by molar-refractivity contribution is 0.102. The molecule has 2 fully saturated rings. The predicted octanol–water partition coefficient (Wildman–Crippen LogP) is 4.57. The normalized spacial score (nSPS) is 16.1.